The van der Waals surface area contributed by atoms with Crippen LogP contribution in [-0.4, -0.2) is 27.5 Å². The number of sulfone groups is 1. The van der Waals surface area contributed by atoms with Crippen molar-refractivity contribution in [2.75, 3.05) is 0 Å². The Hall–Kier alpha value is -5.01. The first kappa shape index (κ1) is 23.8. The van der Waals surface area contributed by atoms with Crippen LogP contribution in [0.2, 0.25) is 0 Å². The molecule has 7 aromatic rings. The molecule has 41 heavy (non-hydrogen) atoms. The molecule has 5 aromatic carbocycles. The lowest BCUT2D eigenvalue weighted by Crippen LogP contribution is -2.16. The van der Waals surface area contributed by atoms with Crippen LogP contribution in [0.5, 0.6) is 0 Å². The number of rotatable bonds is 4. The van der Waals surface area contributed by atoms with Crippen molar-refractivity contribution >= 4 is 31.9 Å². The van der Waals surface area contributed by atoms with Gasteiger partial charge in [-0.3, -0.25) is 9.13 Å². The first-order valence-electron chi connectivity index (χ1n) is 13.6. The van der Waals surface area contributed by atoms with Gasteiger partial charge in [-0.2, -0.15) is 0 Å². The van der Waals surface area contributed by atoms with E-state index in [1.165, 1.54) is 0 Å². The molecule has 0 bridgehead atoms. The first-order chi connectivity index (χ1) is 20.1. The van der Waals surface area contributed by atoms with Gasteiger partial charge >= 0.3 is 0 Å². The number of imidazole rings is 2. The maximum absolute atomic E-state index is 14.1. The molecule has 198 valence electrons. The van der Waals surface area contributed by atoms with E-state index in [4.69, 9.17) is 9.97 Å². The highest BCUT2D eigenvalue weighted by atomic mass is 32.2. The zero-order valence-corrected chi connectivity index (χ0v) is 23.0. The summed E-state index contributed by atoms with van der Waals surface area (Å²) in [5, 5.41) is 0. The molecule has 0 aliphatic carbocycles. The molecule has 0 radical (unpaired) electrons. The average Bonchev–Trinajstić information content (AvgIpc) is 3.59. The Kier molecular flexibility index (Phi) is 5.09. The number of nitrogens with zero attached hydrogens (tertiary/aromatic N) is 4. The summed E-state index contributed by atoms with van der Waals surface area (Å²) in [5.74, 6) is 1.67. The molecule has 0 saturated heterocycles. The predicted molar refractivity (Wildman–Crippen MR) is 161 cm³/mol. The molecule has 0 fully saturated rings. The minimum atomic E-state index is -3.78. The number of hydrogen-bond acceptors (Lipinski definition) is 4. The Bertz CT molecular complexity index is 2250. The molecule has 8 rings (SSSR count). The van der Waals surface area contributed by atoms with Gasteiger partial charge in [-0.25, -0.2) is 18.4 Å². The summed E-state index contributed by atoms with van der Waals surface area (Å²) in [6.07, 6.45) is 0.689. The lowest BCUT2D eigenvalue weighted by molar-refractivity contribution is 0.594. The van der Waals surface area contributed by atoms with Crippen LogP contribution in [0.25, 0.3) is 56.0 Å². The second-order valence-electron chi connectivity index (χ2n) is 10.2. The van der Waals surface area contributed by atoms with Crippen molar-refractivity contribution < 1.29 is 8.42 Å². The largest absolute Gasteiger partial charge is 0.294 e. The summed E-state index contributed by atoms with van der Waals surface area (Å²) in [6, 6.07) is 37.3. The molecule has 0 amide bonds. The summed E-state index contributed by atoms with van der Waals surface area (Å²) in [4.78, 5) is 10.4. The van der Waals surface area contributed by atoms with Gasteiger partial charge in [0, 0.05) is 23.2 Å². The van der Waals surface area contributed by atoms with Crippen LogP contribution < -0.4 is 0 Å². The van der Waals surface area contributed by atoms with Gasteiger partial charge in [-0.05, 0) is 48.0 Å². The van der Waals surface area contributed by atoms with E-state index < -0.39 is 9.84 Å². The van der Waals surface area contributed by atoms with E-state index in [0.717, 1.165) is 39.5 Å². The third kappa shape index (κ3) is 3.39. The maximum atomic E-state index is 14.1. The standard InChI is InChI=1S/C34H24N4O2S/c1-2-31-35-27-21-20-25(33-32(27)38(31)29-14-8-9-15-30(29)41(33,39)40)22-16-18-23(19-17-22)34-36-26-12-6-7-13-28(26)37(34)24-10-4-3-5-11-24/h3-21H,2H2,1H3. The van der Waals surface area contributed by atoms with Crippen LogP contribution in [0.15, 0.2) is 125 Å². The summed E-state index contributed by atoms with van der Waals surface area (Å²) >= 11 is 0. The molecule has 1 aliphatic rings. The fourth-order valence-electron chi connectivity index (χ4n) is 6.02. The van der Waals surface area contributed by atoms with Crippen LogP contribution in [0.3, 0.4) is 0 Å². The van der Waals surface area contributed by atoms with Crippen molar-refractivity contribution in [3.63, 3.8) is 0 Å². The fourth-order valence-corrected chi connectivity index (χ4v) is 7.86. The third-order valence-electron chi connectivity index (χ3n) is 7.85. The lowest BCUT2D eigenvalue weighted by Gasteiger charge is -2.22. The molecular weight excluding hydrogens is 528 g/mol. The van der Waals surface area contributed by atoms with E-state index in [-0.39, 0.29) is 0 Å². The van der Waals surface area contributed by atoms with Crippen molar-refractivity contribution in [1.29, 1.82) is 0 Å². The van der Waals surface area contributed by atoms with E-state index in [1.807, 2.05) is 96.4 Å². The van der Waals surface area contributed by atoms with Crippen molar-refractivity contribution in [3.05, 3.63) is 121 Å². The lowest BCUT2D eigenvalue weighted by atomic mass is 10.0. The molecule has 6 nitrogen and oxygen atoms in total. The van der Waals surface area contributed by atoms with Gasteiger partial charge in [0.2, 0.25) is 9.84 Å². The zero-order valence-electron chi connectivity index (χ0n) is 22.2. The highest BCUT2D eigenvalue weighted by molar-refractivity contribution is 7.92. The molecule has 7 heteroatoms. The third-order valence-corrected chi connectivity index (χ3v) is 9.73. The van der Waals surface area contributed by atoms with Gasteiger partial charge in [0.25, 0.3) is 0 Å². The summed E-state index contributed by atoms with van der Waals surface area (Å²) in [6.45, 7) is 2.04. The molecule has 0 atom stereocenters. The van der Waals surface area contributed by atoms with E-state index in [9.17, 15) is 8.42 Å². The van der Waals surface area contributed by atoms with Crippen molar-refractivity contribution in [2.45, 2.75) is 23.1 Å². The molecule has 0 saturated carbocycles. The fraction of sp³-hybridized carbons (Fsp3) is 0.0588. The predicted octanol–water partition coefficient (Wildman–Crippen LogP) is 7.41. The highest BCUT2D eigenvalue weighted by Crippen LogP contribution is 2.44. The van der Waals surface area contributed by atoms with E-state index >= 15 is 0 Å². The van der Waals surface area contributed by atoms with Gasteiger partial charge in [-0.1, -0.05) is 79.7 Å². The summed E-state index contributed by atoms with van der Waals surface area (Å²) in [7, 11) is -3.78. The Labute approximate surface area is 237 Å². The van der Waals surface area contributed by atoms with Gasteiger partial charge < -0.3 is 0 Å². The van der Waals surface area contributed by atoms with Crippen LogP contribution in [-0.2, 0) is 16.3 Å². The number of aryl methyl sites for hydroxylation is 1. The monoisotopic (exact) mass is 552 g/mol. The van der Waals surface area contributed by atoms with Crippen LogP contribution in [0.4, 0.5) is 0 Å². The molecule has 0 N–H and O–H groups in total. The second kappa shape index (κ2) is 8.74. The van der Waals surface area contributed by atoms with E-state index in [1.54, 1.807) is 12.1 Å². The number of hydrogen-bond donors (Lipinski definition) is 0. The summed E-state index contributed by atoms with van der Waals surface area (Å²) < 4.78 is 32.4. The maximum Gasteiger partial charge on any atom is 0.211 e. The number of para-hydroxylation sites is 4. The van der Waals surface area contributed by atoms with Gasteiger partial charge in [-0.15, -0.1) is 0 Å². The quantitative estimate of drug-likeness (QED) is 0.228. The number of fused-ring (bicyclic) bond motifs is 3. The van der Waals surface area contributed by atoms with Crippen molar-refractivity contribution in [2.24, 2.45) is 0 Å². The molecule has 0 unspecified atom stereocenters. The summed E-state index contributed by atoms with van der Waals surface area (Å²) in [5.41, 5.74) is 7.38. The second-order valence-corrected chi connectivity index (χ2v) is 12.0. The van der Waals surface area contributed by atoms with Gasteiger partial charge in [0.05, 0.1) is 32.6 Å². The normalized spacial score (nSPS) is 13.5. The molecule has 0 spiro atoms. The van der Waals surface area contributed by atoms with Crippen molar-refractivity contribution in [1.82, 2.24) is 19.1 Å². The van der Waals surface area contributed by atoms with Crippen molar-refractivity contribution in [3.8, 4) is 33.9 Å². The van der Waals surface area contributed by atoms with Gasteiger partial charge in [0.15, 0.2) is 0 Å². The molecule has 2 aromatic heterocycles. The van der Waals surface area contributed by atoms with Crippen LogP contribution in [0, 0.1) is 0 Å². The smallest absolute Gasteiger partial charge is 0.211 e. The van der Waals surface area contributed by atoms with Gasteiger partial charge in [0.1, 0.15) is 16.5 Å². The highest BCUT2D eigenvalue weighted by Gasteiger charge is 2.35. The molecule has 1 aliphatic heterocycles. The molecule has 3 heterocycles. The average molecular weight is 553 g/mol. The van der Waals surface area contributed by atoms with Crippen LogP contribution in [0.1, 0.15) is 12.7 Å². The Morgan fingerprint density at radius 3 is 2.17 bits per heavy atom. The number of benzene rings is 5. The first-order valence-corrected chi connectivity index (χ1v) is 15.1. The number of aromatic nitrogens is 4. The Balaban J connectivity index is 1.33. The zero-order chi connectivity index (χ0) is 27.7. The molecular formula is C34H24N4O2S. The Morgan fingerprint density at radius 1 is 0.659 bits per heavy atom. The van der Waals surface area contributed by atoms with E-state index in [0.29, 0.717) is 38.5 Å². The van der Waals surface area contributed by atoms with Crippen LogP contribution >= 0.6 is 0 Å². The van der Waals surface area contributed by atoms with E-state index in [2.05, 4.69) is 22.8 Å². The SMILES string of the molecule is CCc1nc2ccc(-c3ccc(-c4nc5ccccc5n4-c4ccccc4)cc3)c3c2n1-c1ccccc1S3(=O)=O. The minimum Gasteiger partial charge on any atom is -0.294 e. The topological polar surface area (TPSA) is 69.8 Å². The minimum absolute atomic E-state index is 0.308. The Morgan fingerprint density at radius 2 is 1.37 bits per heavy atom.